The number of hydrogen-bond donors (Lipinski definition) is 1. The molecule has 0 amide bonds. The Morgan fingerprint density at radius 1 is 1.00 bits per heavy atom. The minimum absolute atomic E-state index is 0.319. The predicted octanol–water partition coefficient (Wildman–Crippen LogP) is 2.97. The SMILES string of the molecule is N#CC1(C(=O)O)CC1(c1ccccc1)c1ccccc1. The van der Waals surface area contributed by atoms with Gasteiger partial charge in [0.05, 0.1) is 11.5 Å². The van der Waals surface area contributed by atoms with Crippen molar-refractivity contribution >= 4 is 5.97 Å². The van der Waals surface area contributed by atoms with Gasteiger partial charge in [-0.05, 0) is 17.5 Å². The highest BCUT2D eigenvalue weighted by Gasteiger charge is 2.75. The van der Waals surface area contributed by atoms with Crippen molar-refractivity contribution in [1.29, 1.82) is 5.26 Å². The summed E-state index contributed by atoms with van der Waals surface area (Å²) in [6.45, 7) is 0. The number of aliphatic carboxylic acids is 1. The van der Waals surface area contributed by atoms with E-state index in [9.17, 15) is 15.2 Å². The summed E-state index contributed by atoms with van der Waals surface area (Å²) in [6.07, 6.45) is 0.319. The molecule has 1 unspecified atom stereocenters. The highest BCUT2D eigenvalue weighted by molar-refractivity contribution is 5.88. The third-order valence-corrected chi connectivity index (χ3v) is 4.22. The van der Waals surface area contributed by atoms with Gasteiger partial charge in [-0.25, -0.2) is 0 Å². The third kappa shape index (κ3) is 1.42. The number of nitriles is 1. The fourth-order valence-electron chi connectivity index (χ4n) is 3.10. The molecule has 1 aliphatic carbocycles. The third-order valence-electron chi connectivity index (χ3n) is 4.22. The molecule has 0 heterocycles. The number of carboxylic acids is 1. The molecule has 1 N–H and O–H groups in total. The first-order valence-corrected chi connectivity index (χ1v) is 6.43. The second-order valence-corrected chi connectivity index (χ2v) is 5.14. The molecule has 0 radical (unpaired) electrons. The Kier molecular flexibility index (Phi) is 2.62. The predicted molar refractivity (Wildman–Crippen MR) is 74.0 cm³/mol. The number of nitrogens with zero attached hydrogens (tertiary/aromatic N) is 1. The van der Waals surface area contributed by atoms with Crippen molar-refractivity contribution in [3.8, 4) is 6.07 Å². The van der Waals surface area contributed by atoms with E-state index in [4.69, 9.17) is 0 Å². The van der Waals surface area contributed by atoms with Crippen molar-refractivity contribution < 1.29 is 9.90 Å². The average molecular weight is 263 g/mol. The van der Waals surface area contributed by atoms with Gasteiger partial charge in [0.1, 0.15) is 0 Å². The van der Waals surface area contributed by atoms with E-state index < -0.39 is 16.8 Å². The molecule has 2 aromatic carbocycles. The zero-order valence-corrected chi connectivity index (χ0v) is 10.8. The van der Waals surface area contributed by atoms with Crippen LogP contribution in [0.15, 0.2) is 60.7 Å². The van der Waals surface area contributed by atoms with E-state index in [1.165, 1.54) is 0 Å². The van der Waals surface area contributed by atoms with Crippen LogP contribution in [0.4, 0.5) is 0 Å². The molecule has 1 aliphatic rings. The lowest BCUT2D eigenvalue weighted by atomic mass is 9.81. The Labute approximate surface area is 117 Å². The smallest absolute Gasteiger partial charge is 0.325 e. The van der Waals surface area contributed by atoms with Crippen LogP contribution in [-0.4, -0.2) is 11.1 Å². The number of hydrogen-bond acceptors (Lipinski definition) is 2. The Bertz CT molecular complexity index is 648. The van der Waals surface area contributed by atoms with Crippen LogP contribution in [0.2, 0.25) is 0 Å². The summed E-state index contributed by atoms with van der Waals surface area (Å²) in [5.41, 5.74) is -0.337. The maximum Gasteiger partial charge on any atom is 0.325 e. The summed E-state index contributed by atoms with van der Waals surface area (Å²) in [4.78, 5) is 11.7. The van der Waals surface area contributed by atoms with Crippen LogP contribution in [-0.2, 0) is 10.2 Å². The Balaban J connectivity index is 2.23. The van der Waals surface area contributed by atoms with Gasteiger partial charge in [0.25, 0.3) is 0 Å². The second-order valence-electron chi connectivity index (χ2n) is 5.14. The van der Waals surface area contributed by atoms with Crippen LogP contribution in [0.25, 0.3) is 0 Å². The molecule has 1 atom stereocenters. The van der Waals surface area contributed by atoms with E-state index in [0.29, 0.717) is 6.42 Å². The maximum atomic E-state index is 11.7. The Hall–Kier alpha value is -2.60. The van der Waals surface area contributed by atoms with Gasteiger partial charge >= 0.3 is 5.97 Å². The van der Waals surface area contributed by atoms with Crippen molar-refractivity contribution in [2.24, 2.45) is 5.41 Å². The minimum atomic E-state index is -1.37. The number of carboxylic acid groups (broad SMARTS) is 1. The molecule has 1 saturated carbocycles. The maximum absolute atomic E-state index is 11.7. The van der Waals surface area contributed by atoms with E-state index in [2.05, 4.69) is 0 Å². The van der Waals surface area contributed by atoms with Crippen LogP contribution in [0.5, 0.6) is 0 Å². The van der Waals surface area contributed by atoms with Gasteiger partial charge in [-0.15, -0.1) is 0 Å². The molecule has 3 nitrogen and oxygen atoms in total. The lowest BCUT2D eigenvalue weighted by molar-refractivity contribution is -0.141. The molecule has 0 spiro atoms. The van der Waals surface area contributed by atoms with Crippen LogP contribution < -0.4 is 0 Å². The van der Waals surface area contributed by atoms with Crippen LogP contribution in [0, 0.1) is 16.7 Å². The standard InChI is InChI=1S/C17H13NO2/c18-12-16(15(19)20)11-17(16,13-7-3-1-4-8-13)14-9-5-2-6-10-14/h1-10H,11H2,(H,19,20). The molecule has 98 valence electrons. The normalized spacial score (nSPS) is 22.8. The monoisotopic (exact) mass is 263 g/mol. The van der Waals surface area contributed by atoms with E-state index in [1.807, 2.05) is 66.7 Å². The fraction of sp³-hybridized carbons (Fsp3) is 0.176. The Morgan fingerprint density at radius 2 is 1.45 bits per heavy atom. The first-order chi connectivity index (χ1) is 9.67. The summed E-state index contributed by atoms with van der Waals surface area (Å²) < 4.78 is 0. The highest BCUT2D eigenvalue weighted by atomic mass is 16.4. The zero-order valence-electron chi connectivity index (χ0n) is 10.8. The van der Waals surface area contributed by atoms with Gasteiger partial charge in [0, 0.05) is 0 Å². The Morgan fingerprint density at radius 3 is 1.75 bits per heavy atom. The molecule has 2 aromatic rings. The summed E-state index contributed by atoms with van der Waals surface area (Å²) >= 11 is 0. The van der Waals surface area contributed by atoms with Crippen LogP contribution >= 0.6 is 0 Å². The topological polar surface area (TPSA) is 61.1 Å². The lowest BCUT2D eigenvalue weighted by Crippen LogP contribution is -2.26. The van der Waals surface area contributed by atoms with Gasteiger partial charge in [0.2, 0.25) is 0 Å². The highest BCUT2D eigenvalue weighted by Crippen LogP contribution is 2.68. The molecule has 3 heteroatoms. The summed E-state index contributed by atoms with van der Waals surface area (Å²) in [5.74, 6) is -1.05. The molecular formula is C17H13NO2. The van der Waals surface area contributed by atoms with E-state index in [0.717, 1.165) is 11.1 Å². The largest absolute Gasteiger partial charge is 0.480 e. The first-order valence-electron chi connectivity index (χ1n) is 6.43. The van der Waals surface area contributed by atoms with Gasteiger partial charge in [-0.3, -0.25) is 4.79 Å². The second kappa shape index (κ2) is 4.21. The quantitative estimate of drug-likeness (QED) is 0.926. The number of benzene rings is 2. The number of rotatable bonds is 3. The lowest BCUT2D eigenvalue weighted by Gasteiger charge is -2.20. The molecule has 3 rings (SSSR count). The van der Waals surface area contributed by atoms with Crippen molar-refractivity contribution in [1.82, 2.24) is 0 Å². The molecular weight excluding hydrogens is 250 g/mol. The van der Waals surface area contributed by atoms with Gasteiger partial charge in [0.15, 0.2) is 5.41 Å². The summed E-state index contributed by atoms with van der Waals surface area (Å²) in [6, 6.07) is 20.9. The van der Waals surface area contributed by atoms with Gasteiger partial charge in [-0.1, -0.05) is 60.7 Å². The molecule has 20 heavy (non-hydrogen) atoms. The first kappa shape index (κ1) is 12.4. The van der Waals surface area contributed by atoms with Crippen molar-refractivity contribution in [2.75, 3.05) is 0 Å². The molecule has 0 aromatic heterocycles. The summed E-state index contributed by atoms with van der Waals surface area (Å²) in [5, 5.41) is 19.0. The van der Waals surface area contributed by atoms with E-state index >= 15 is 0 Å². The average Bonchev–Trinajstić information content (AvgIpc) is 3.21. The van der Waals surface area contributed by atoms with Crippen molar-refractivity contribution in [3.63, 3.8) is 0 Å². The van der Waals surface area contributed by atoms with Crippen molar-refractivity contribution in [3.05, 3.63) is 71.8 Å². The molecule has 0 bridgehead atoms. The fourth-order valence-corrected chi connectivity index (χ4v) is 3.10. The molecule has 1 fully saturated rings. The summed E-state index contributed by atoms with van der Waals surface area (Å²) in [7, 11) is 0. The molecule has 0 aliphatic heterocycles. The van der Waals surface area contributed by atoms with Crippen molar-refractivity contribution in [2.45, 2.75) is 11.8 Å². The molecule has 0 saturated heterocycles. The van der Waals surface area contributed by atoms with Gasteiger partial charge < -0.3 is 5.11 Å². The van der Waals surface area contributed by atoms with Gasteiger partial charge in [-0.2, -0.15) is 5.26 Å². The van der Waals surface area contributed by atoms with Crippen LogP contribution in [0.3, 0.4) is 0 Å². The van der Waals surface area contributed by atoms with E-state index in [1.54, 1.807) is 0 Å². The zero-order chi connectivity index (χ0) is 14.2. The van der Waals surface area contributed by atoms with Crippen LogP contribution in [0.1, 0.15) is 17.5 Å². The number of carbonyl (C=O) groups is 1. The van der Waals surface area contributed by atoms with E-state index in [-0.39, 0.29) is 0 Å². The minimum Gasteiger partial charge on any atom is -0.480 e.